The Morgan fingerprint density at radius 3 is 2.79 bits per heavy atom. The molecule has 0 bridgehead atoms. The molecule has 4 aliphatic carbocycles. The van der Waals surface area contributed by atoms with E-state index in [1.807, 2.05) is 0 Å². The third-order valence-electron chi connectivity index (χ3n) is 8.22. The molecular formula is C22H29FO5. The van der Waals surface area contributed by atoms with Gasteiger partial charge in [0, 0.05) is 19.5 Å². The van der Waals surface area contributed by atoms with E-state index in [0.29, 0.717) is 0 Å². The Kier molecular flexibility index (Phi) is 3.04. The number of alkyl halides is 1. The molecule has 0 spiro atoms. The zero-order valence-electron chi connectivity index (χ0n) is 21.1. The van der Waals surface area contributed by atoms with Gasteiger partial charge < -0.3 is 15.3 Å². The fraction of sp³-hybridized carbons (Fsp3) is 0.727. The maximum absolute atomic E-state index is 17.2. The third kappa shape index (κ3) is 2.01. The number of hydrogen-bond acceptors (Lipinski definition) is 5. The lowest BCUT2D eigenvalue weighted by molar-refractivity contribution is -0.219. The summed E-state index contributed by atoms with van der Waals surface area (Å²) in [6.07, 6.45) is -2.76. The minimum Gasteiger partial charge on any atom is -0.390 e. The molecule has 4 rings (SSSR count). The third-order valence-corrected chi connectivity index (χ3v) is 8.22. The molecule has 28 heavy (non-hydrogen) atoms. The standard InChI is InChI=1S/C22H29FO5/c1-12-8-16-15-5-4-13-9-14(25)6-7-19(13,2)21(15,23)17(26)10-20(16,3)22(12,28)18(27)11-24/h6-7,9,12,15-17,24,26,28H,4-5,8,10-11H2,1-3H3/t12?,15?,16?,17?,19-,20-,21-,22-/m0/s1/i4D2,9D,11D2. The van der Waals surface area contributed by atoms with Gasteiger partial charge in [-0.15, -0.1) is 0 Å². The van der Waals surface area contributed by atoms with E-state index in [1.54, 1.807) is 0 Å². The van der Waals surface area contributed by atoms with Gasteiger partial charge in [0.05, 0.1) is 10.2 Å². The first-order valence-corrected chi connectivity index (χ1v) is 9.62. The molecule has 0 heterocycles. The largest absolute Gasteiger partial charge is 0.390 e. The van der Waals surface area contributed by atoms with Gasteiger partial charge in [-0.1, -0.05) is 25.5 Å². The van der Waals surface area contributed by atoms with Crippen molar-refractivity contribution in [3.63, 3.8) is 0 Å². The number of hydrogen-bond donors (Lipinski definition) is 3. The highest BCUT2D eigenvalue weighted by molar-refractivity contribution is 6.01. The Morgan fingerprint density at radius 2 is 2.14 bits per heavy atom. The molecule has 4 unspecified atom stereocenters. The maximum Gasteiger partial charge on any atom is 0.190 e. The molecule has 0 aromatic heterocycles. The van der Waals surface area contributed by atoms with Crippen molar-refractivity contribution in [2.75, 3.05) is 6.56 Å². The van der Waals surface area contributed by atoms with E-state index in [0.717, 1.165) is 6.08 Å². The minimum absolute atomic E-state index is 0.0411. The van der Waals surface area contributed by atoms with Crippen LogP contribution < -0.4 is 0 Å². The van der Waals surface area contributed by atoms with Crippen molar-refractivity contribution in [1.82, 2.24) is 0 Å². The predicted octanol–water partition coefficient (Wildman–Crippen LogP) is 1.90. The summed E-state index contributed by atoms with van der Waals surface area (Å²) in [6, 6.07) is -0.638. The summed E-state index contributed by atoms with van der Waals surface area (Å²) in [5.74, 6) is -5.17. The molecule has 0 aliphatic heterocycles. The molecule has 0 radical (unpaired) electrons. The van der Waals surface area contributed by atoms with Crippen LogP contribution in [0, 0.1) is 28.6 Å². The Hall–Kier alpha value is -1.37. The molecule has 8 atom stereocenters. The number of carbonyl (C=O) groups is 2. The monoisotopic (exact) mass is 397 g/mol. The van der Waals surface area contributed by atoms with Gasteiger partial charge in [-0.3, -0.25) is 9.59 Å². The summed E-state index contributed by atoms with van der Waals surface area (Å²) in [5, 5.41) is 32.5. The van der Waals surface area contributed by atoms with Gasteiger partial charge in [-0.25, -0.2) is 4.39 Å². The molecule has 4 aliphatic rings. The zero-order valence-corrected chi connectivity index (χ0v) is 16.1. The quantitative estimate of drug-likeness (QED) is 0.662. The molecule has 3 fully saturated rings. The fourth-order valence-corrected chi connectivity index (χ4v) is 6.63. The van der Waals surface area contributed by atoms with Gasteiger partial charge in [-0.05, 0) is 56.5 Å². The summed E-state index contributed by atoms with van der Waals surface area (Å²) < 4.78 is 57.7. The maximum atomic E-state index is 17.2. The van der Waals surface area contributed by atoms with Crippen LogP contribution in [-0.4, -0.2) is 50.8 Å². The van der Waals surface area contributed by atoms with Crippen LogP contribution in [0.2, 0.25) is 0 Å². The SMILES string of the molecule is [2H]C1=C2C([2H])([2H])CC3C4CC(C)[C@](O)(C(=O)C([2H])([2H])O)[C@@]4(C)CC(O)[C@]3(F)[C@@]2(C)C=CC1=O. The smallest absolute Gasteiger partial charge is 0.190 e. The molecule has 3 N–H and O–H groups in total. The van der Waals surface area contributed by atoms with Crippen molar-refractivity contribution < 1.29 is 36.2 Å². The van der Waals surface area contributed by atoms with Gasteiger partial charge in [0.25, 0.3) is 0 Å². The Morgan fingerprint density at radius 1 is 1.46 bits per heavy atom. The molecular weight excluding hydrogens is 363 g/mol. The summed E-state index contributed by atoms with van der Waals surface area (Å²) >= 11 is 0. The zero-order chi connectivity index (χ0) is 25.2. The van der Waals surface area contributed by atoms with Crippen LogP contribution in [0.25, 0.3) is 0 Å². The van der Waals surface area contributed by atoms with Crippen molar-refractivity contribution in [3.8, 4) is 0 Å². The van der Waals surface area contributed by atoms with E-state index in [4.69, 9.17) is 6.85 Å². The molecule has 154 valence electrons. The second kappa shape index (κ2) is 5.83. The first-order valence-electron chi connectivity index (χ1n) is 12.1. The first kappa shape index (κ1) is 14.6. The highest BCUT2D eigenvalue weighted by atomic mass is 19.1. The van der Waals surface area contributed by atoms with Crippen LogP contribution in [-0.2, 0) is 9.59 Å². The number of aliphatic hydroxyl groups is 3. The first-order chi connectivity index (χ1) is 14.8. The van der Waals surface area contributed by atoms with Crippen LogP contribution in [0.3, 0.4) is 0 Å². The predicted molar refractivity (Wildman–Crippen MR) is 99.9 cm³/mol. The summed E-state index contributed by atoms with van der Waals surface area (Å²) in [4.78, 5) is 25.0. The second-order valence-electron chi connectivity index (χ2n) is 9.24. The van der Waals surface area contributed by atoms with E-state index >= 15 is 4.39 Å². The summed E-state index contributed by atoms with van der Waals surface area (Å²) in [7, 11) is 0. The molecule has 5 nitrogen and oxygen atoms in total. The number of halogens is 1. The minimum atomic E-state index is -3.36. The molecule has 0 aromatic carbocycles. The van der Waals surface area contributed by atoms with E-state index in [9.17, 15) is 24.9 Å². The van der Waals surface area contributed by atoms with Crippen molar-refractivity contribution in [1.29, 1.82) is 0 Å². The molecule has 3 saturated carbocycles. The fourth-order valence-electron chi connectivity index (χ4n) is 6.63. The van der Waals surface area contributed by atoms with Gasteiger partial charge >= 0.3 is 0 Å². The Balaban J connectivity index is 1.93. The number of carbonyl (C=O) groups excluding carboxylic acids is 2. The average molecular weight is 397 g/mol. The molecule has 0 amide bonds. The summed E-state index contributed by atoms with van der Waals surface area (Å²) in [6.45, 7) is 0.946. The van der Waals surface area contributed by atoms with Crippen molar-refractivity contribution in [2.24, 2.45) is 28.6 Å². The lowest BCUT2D eigenvalue weighted by atomic mass is 9.44. The van der Waals surface area contributed by atoms with E-state index in [2.05, 4.69) is 0 Å². The highest BCUT2D eigenvalue weighted by Gasteiger charge is 2.75. The summed E-state index contributed by atoms with van der Waals surface area (Å²) in [5.41, 5.74) is -8.61. The van der Waals surface area contributed by atoms with Crippen molar-refractivity contribution in [2.45, 2.75) is 63.8 Å². The van der Waals surface area contributed by atoms with Crippen LogP contribution >= 0.6 is 0 Å². The van der Waals surface area contributed by atoms with Crippen LogP contribution in [0.4, 0.5) is 4.39 Å². The number of ketones is 2. The van der Waals surface area contributed by atoms with Crippen LogP contribution in [0.15, 0.2) is 23.8 Å². The lowest BCUT2D eigenvalue weighted by Crippen LogP contribution is -2.69. The van der Waals surface area contributed by atoms with Gasteiger partial charge in [0.15, 0.2) is 17.2 Å². The van der Waals surface area contributed by atoms with Gasteiger partial charge in [0.2, 0.25) is 0 Å². The van der Waals surface area contributed by atoms with Gasteiger partial charge in [0.1, 0.15) is 12.2 Å². The number of Topliss-reactive ketones (excluding diaryl/α,β-unsaturated/α-hetero) is 1. The average Bonchev–Trinajstić information content (AvgIpc) is 2.87. The van der Waals surface area contributed by atoms with E-state index < -0.39 is 89.3 Å². The van der Waals surface area contributed by atoms with Crippen LogP contribution in [0.5, 0.6) is 0 Å². The molecule has 0 saturated heterocycles. The number of fused-ring (bicyclic) bond motifs is 5. The highest BCUT2D eigenvalue weighted by Crippen LogP contribution is 2.70. The molecule has 6 heteroatoms. The second-order valence-corrected chi connectivity index (χ2v) is 9.24. The number of rotatable bonds is 2. The topological polar surface area (TPSA) is 94.8 Å². The van der Waals surface area contributed by atoms with Crippen LogP contribution in [0.1, 0.15) is 53.3 Å². The molecule has 0 aromatic rings. The van der Waals surface area contributed by atoms with Crippen molar-refractivity contribution >= 4 is 11.6 Å². The normalized spacial score (nSPS) is 57.8. The number of aliphatic hydroxyl groups excluding tert-OH is 1. The lowest BCUT2D eigenvalue weighted by Gasteiger charge is -2.62. The van der Waals surface area contributed by atoms with Gasteiger partial charge in [-0.2, -0.15) is 0 Å². The van der Waals surface area contributed by atoms with Crippen molar-refractivity contribution in [3.05, 3.63) is 23.8 Å². The van der Waals surface area contributed by atoms with E-state index in [-0.39, 0.29) is 12.0 Å². The van der Waals surface area contributed by atoms with E-state index in [1.165, 1.54) is 26.8 Å². The Labute approximate surface area is 171 Å². The number of allylic oxidation sites excluding steroid dienone is 4. The Bertz CT molecular complexity index is 1010.